The number of rotatable bonds is 0. The van der Waals surface area contributed by atoms with Crippen molar-refractivity contribution in [1.82, 2.24) is 0 Å². The third-order valence-corrected chi connectivity index (χ3v) is 6.08. The topological polar surface area (TPSA) is 43.1 Å². The van der Waals surface area contributed by atoms with Crippen LogP contribution in [0.5, 0.6) is 0 Å². The maximum absolute atomic E-state index is 13.0. The Morgan fingerprint density at radius 2 is 1.84 bits per heavy atom. The summed E-state index contributed by atoms with van der Waals surface area (Å²) in [6, 6.07) is 7.88. The van der Waals surface area contributed by atoms with E-state index in [4.69, 9.17) is 17.2 Å². The highest BCUT2D eigenvalue weighted by Gasteiger charge is 2.66. The molecule has 2 unspecified atom stereocenters. The number of halogens is 1. The minimum absolute atomic E-state index is 0.129. The fourth-order valence-corrected chi connectivity index (χ4v) is 4.32. The first-order valence-corrected chi connectivity index (χ1v) is 7.26. The number of Topliss-reactive ketones (excluding diaryl/α,β-unsaturated/α-hetero) is 1. The van der Waals surface area contributed by atoms with E-state index in [1.54, 1.807) is 0 Å². The van der Waals surface area contributed by atoms with E-state index in [0.29, 0.717) is 0 Å². The summed E-state index contributed by atoms with van der Waals surface area (Å²) in [5.74, 6) is 0.129. The molecule has 0 saturated heterocycles. The van der Waals surface area contributed by atoms with E-state index in [2.05, 4.69) is 7.85 Å². The molecule has 0 amide bonds. The molecule has 2 aliphatic rings. The summed E-state index contributed by atoms with van der Waals surface area (Å²) in [5, 5.41) is -0.757. The summed E-state index contributed by atoms with van der Waals surface area (Å²) in [4.78, 5) is 13.0. The van der Waals surface area contributed by atoms with Gasteiger partial charge in [0.1, 0.15) is 29.3 Å². The van der Waals surface area contributed by atoms with E-state index in [1.807, 2.05) is 40.0 Å². The highest BCUT2D eigenvalue weighted by molar-refractivity contribution is 7.19. The summed E-state index contributed by atoms with van der Waals surface area (Å²) < 4.78 is 0. The van der Waals surface area contributed by atoms with Gasteiger partial charge in [-0.2, -0.15) is 11.5 Å². The molecular weight excluding hydrogens is 253 g/mol. The zero-order valence-corrected chi connectivity index (χ0v) is 12.4. The normalized spacial score (nSPS) is 35.9. The first-order chi connectivity index (χ1) is 8.75. The van der Waals surface area contributed by atoms with Crippen LogP contribution in [-0.4, -0.2) is 35.5 Å². The molecule has 1 fully saturated rings. The highest BCUT2D eigenvalue weighted by atomic mass is 35.5. The van der Waals surface area contributed by atoms with Crippen LogP contribution in [0.1, 0.15) is 18.4 Å². The molecule has 1 saturated carbocycles. The van der Waals surface area contributed by atoms with Crippen molar-refractivity contribution in [3.05, 3.63) is 29.8 Å². The van der Waals surface area contributed by atoms with Crippen LogP contribution in [0.2, 0.25) is 10.4 Å². The van der Waals surface area contributed by atoms with Crippen LogP contribution < -0.4 is 11.2 Å². The van der Waals surface area contributed by atoms with E-state index in [-0.39, 0.29) is 22.3 Å². The van der Waals surface area contributed by atoms with Gasteiger partial charge in [-0.05, 0) is 16.0 Å². The van der Waals surface area contributed by atoms with Gasteiger partial charge in [0, 0.05) is 0 Å². The Morgan fingerprint density at radius 3 is 2.53 bits per heavy atom. The molecule has 1 aromatic rings. The smallest absolute Gasteiger partial charge is 0.284 e. The molecular formula is C12H16B4ClNO. The Kier molecular flexibility index (Phi) is 2.63. The molecule has 1 aliphatic heterocycles. The van der Waals surface area contributed by atoms with Crippen LogP contribution in [0, 0.1) is 0 Å². The zero-order valence-electron chi connectivity index (χ0n) is 11.7. The first kappa shape index (κ1) is 13.4. The lowest BCUT2D eigenvalue weighted by molar-refractivity contribution is -0.128. The standard InChI is InChI=1S/C12H16B4ClNO/c13-10(14)5-6-11(15)12(18,9(10)19)7-3-1-2-4-8(7)16(11)17/h1-4H,5-6,13-15,18H2. The maximum Gasteiger partial charge on any atom is 0.284 e. The molecule has 1 heterocycles. The summed E-state index contributed by atoms with van der Waals surface area (Å²) in [5.41, 5.74) is 7.69. The molecule has 1 aliphatic carbocycles. The van der Waals surface area contributed by atoms with Crippen molar-refractivity contribution in [3.63, 3.8) is 0 Å². The Balaban J connectivity index is 2.29. The van der Waals surface area contributed by atoms with Crippen molar-refractivity contribution in [2.45, 2.75) is 28.8 Å². The second-order valence-electron chi connectivity index (χ2n) is 6.89. The van der Waals surface area contributed by atoms with Gasteiger partial charge in [-0.3, -0.25) is 4.79 Å². The molecule has 0 radical (unpaired) electrons. The molecule has 3 rings (SSSR count). The third kappa shape index (κ3) is 1.39. The summed E-state index contributed by atoms with van der Waals surface area (Å²) in [7, 11) is 6.05. The molecule has 94 valence electrons. The van der Waals surface area contributed by atoms with Gasteiger partial charge in [-0.25, -0.2) is 0 Å². The van der Waals surface area contributed by atoms with Gasteiger partial charge in [-0.15, -0.1) is 0 Å². The van der Waals surface area contributed by atoms with E-state index in [0.717, 1.165) is 23.9 Å². The molecule has 1 aromatic carbocycles. The van der Waals surface area contributed by atoms with Crippen LogP contribution in [0.3, 0.4) is 0 Å². The van der Waals surface area contributed by atoms with Crippen LogP contribution in [0.15, 0.2) is 24.3 Å². The van der Waals surface area contributed by atoms with Crippen molar-refractivity contribution < 1.29 is 4.79 Å². The van der Waals surface area contributed by atoms with E-state index >= 15 is 0 Å². The maximum atomic E-state index is 13.0. The number of ketones is 1. The van der Waals surface area contributed by atoms with Gasteiger partial charge >= 0.3 is 0 Å². The van der Waals surface area contributed by atoms with E-state index in [1.165, 1.54) is 0 Å². The molecule has 2 nitrogen and oxygen atoms in total. The monoisotopic (exact) mass is 269 g/mol. The largest absolute Gasteiger partial charge is 0.316 e. The lowest BCUT2D eigenvalue weighted by Gasteiger charge is -2.51. The highest BCUT2D eigenvalue weighted by Crippen LogP contribution is 2.60. The molecule has 0 spiro atoms. The van der Waals surface area contributed by atoms with Gasteiger partial charge in [0.2, 0.25) is 0 Å². The Bertz CT molecular complexity index is 581. The predicted octanol–water partition coefficient (Wildman–Crippen LogP) is -1.63. The summed E-state index contributed by atoms with van der Waals surface area (Å²) in [6.07, 6.45) is 1.54. The van der Waals surface area contributed by atoms with Crippen molar-refractivity contribution in [2.24, 2.45) is 5.73 Å². The van der Waals surface area contributed by atoms with Gasteiger partial charge in [0.15, 0.2) is 0 Å². The quantitative estimate of drug-likeness (QED) is 0.574. The fourth-order valence-electron chi connectivity index (χ4n) is 3.85. The lowest BCUT2D eigenvalue weighted by atomic mass is 9.29. The average molecular weight is 269 g/mol. The van der Waals surface area contributed by atoms with Crippen molar-refractivity contribution in [1.29, 1.82) is 0 Å². The van der Waals surface area contributed by atoms with Gasteiger partial charge in [0.25, 0.3) is 6.13 Å². The van der Waals surface area contributed by atoms with E-state index in [9.17, 15) is 4.79 Å². The number of carbonyl (C=O) groups is 1. The Hall–Kier alpha value is -0.600. The van der Waals surface area contributed by atoms with Crippen LogP contribution in [-0.2, 0) is 10.3 Å². The Morgan fingerprint density at radius 1 is 1.21 bits per heavy atom. The molecule has 0 bridgehead atoms. The van der Waals surface area contributed by atoms with Crippen LogP contribution in [0.4, 0.5) is 0 Å². The van der Waals surface area contributed by atoms with Crippen molar-refractivity contribution in [2.75, 3.05) is 0 Å². The molecule has 7 heteroatoms. The Labute approximate surface area is 122 Å². The first-order valence-electron chi connectivity index (χ1n) is 6.82. The number of fused-ring (bicyclic) bond motifs is 3. The van der Waals surface area contributed by atoms with Crippen molar-refractivity contribution >= 4 is 52.4 Å². The summed E-state index contributed by atoms with van der Waals surface area (Å²) >= 11 is 6.67. The molecule has 2 N–H and O–H groups in total. The van der Waals surface area contributed by atoms with Crippen LogP contribution in [0.25, 0.3) is 0 Å². The van der Waals surface area contributed by atoms with Crippen molar-refractivity contribution in [3.8, 4) is 0 Å². The molecule has 19 heavy (non-hydrogen) atoms. The van der Waals surface area contributed by atoms with Gasteiger partial charge in [0.05, 0.1) is 5.54 Å². The molecule has 2 atom stereocenters. The third-order valence-electron chi connectivity index (χ3n) is 5.36. The fraction of sp³-hybridized carbons (Fsp3) is 0.417. The number of nitrogens with two attached hydrogens (primary N) is 1. The minimum atomic E-state index is -0.947. The second kappa shape index (κ2) is 3.73. The average Bonchev–Trinajstić information content (AvgIpc) is 2.57. The minimum Gasteiger partial charge on any atom is -0.316 e. The zero-order chi connectivity index (χ0) is 14.1. The lowest BCUT2D eigenvalue weighted by Crippen LogP contribution is -2.61. The van der Waals surface area contributed by atoms with Gasteiger partial charge in [-0.1, -0.05) is 42.6 Å². The number of hydrogen-bond acceptors (Lipinski definition) is 2. The molecule has 0 aromatic heterocycles. The number of hydrogen-bond donors (Lipinski definition) is 1. The van der Waals surface area contributed by atoms with Gasteiger partial charge < -0.3 is 5.73 Å². The van der Waals surface area contributed by atoms with Crippen LogP contribution >= 0.6 is 11.5 Å². The van der Waals surface area contributed by atoms with E-state index < -0.39 is 5.54 Å². The number of benzene rings is 1. The SMILES string of the molecule is BC1(B)CCC2(B)B(Cl)c3ccccc3C2(N)C1=O. The second-order valence-corrected chi connectivity index (χ2v) is 7.32. The summed E-state index contributed by atoms with van der Waals surface area (Å²) in [6.45, 7) is 0. The number of carbonyl (C=O) groups excluding carboxylic acids is 1. The predicted molar refractivity (Wildman–Crippen MR) is 88.8 cm³/mol.